The molecule has 0 saturated carbocycles. The first-order chi connectivity index (χ1) is 17.8. The van der Waals surface area contributed by atoms with Crippen LogP contribution in [-0.2, 0) is 20.9 Å². The molecule has 0 unspecified atom stereocenters. The average molecular weight is 544 g/mol. The van der Waals surface area contributed by atoms with Gasteiger partial charge in [0.05, 0.1) is 13.2 Å². The molecule has 0 bridgehead atoms. The van der Waals surface area contributed by atoms with Crippen LogP contribution in [0.1, 0.15) is 34.6 Å². The number of piperidine rings is 1. The van der Waals surface area contributed by atoms with Crippen LogP contribution in [-0.4, -0.2) is 56.2 Å². The summed E-state index contributed by atoms with van der Waals surface area (Å²) in [4.78, 5) is 21.9. The van der Waals surface area contributed by atoms with Crippen LogP contribution < -0.4 is 15.5 Å². The molecule has 38 heavy (non-hydrogen) atoms. The Morgan fingerprint density at radius 1 is 1.03 bits per heavy atom. The van der Waals surface area contributed by atoms with Gasteiger partial charge in [0.1, 0.15) is 0 Å². The Morgan fingerprint density at radius 3 is 2.37 bits per heavy atom. The third-order valence-electron chi connectivity index (χ3n) is 6.88. The van der Waals surface area contributed by atoms with E-state index in [1.165, 1.54) is 45.7 Å². The van der Waals surface area contributed by atoms with Crippen molar-refractivity contribution in [2.75, 3.05) is 36.5 Å². The molecule has 2 N–H and O–H groups in total. The first-order valence-electron chi connectivity index (χ1n) is 12.1. The molecular weight excluding hydrogens is 516 g/mol. The highest BCUT2D eigenvalue weighted by Crippen LogP contribution is 2.47. The molecule has 1 saturated heterocycles. The molecule has 0 aromatic heterocycles. The minimum absolute atomic E-state index is 0.593. The highest BCUT2D eigenvalue weighted by atomic mass is 19.4. The number of fused-ring (bicyclic) bond motifs is 3. The lowest BCUT2D eigenvalue weighted by molar-refractivity contribution is -0.193. The lowest BCUT2D eigenvalue weighted by Crippen LogP contribution is -2.44. The highest BCUT2D eigenvalue weighted by molar-refractivity contribution is 6.41. The summed E-state index contributed by atoms with van der Waals surface area (Å²) in [6.45, 7) is 9.07. The van der Waals surface area contributed by atoms with Crippen molar-refractivity contribution in [2.24, 2.45) is 0 Å². The van der Waals surface area contributed by atoms with Crippen LogP contribution in [0.2, 0.25) is 0 Å². The number of rotatable bonds is 3. The maximum Gasteiger partial charge on any atom is 0.458 e. The van der Waals surface area contributed by atoms with Gasteiger partial charge in [0.25, 0.3) is 0 Å². The van der Waals surface area contributed by atoms with E-state index < -0.39 is 23.9 Å². The summed E-state index contributed by atoms with van der Waals surface area (Å²) >= 11 is 0. The summed E-state index contributed by atoms with van der Waals surface area (Å²) in [5, 5.41) is 7.28. The normalized spacial score (nSPS) is 20.5. The van der Waals surface area contributed by atoms with Gasteiger partial charge in [0.15, 0.2) is 0 Å². The van der Waals surface area contributed by atoms with Gasteiger partial charge in [-0.2, -0.15) is 26.3 Å². The van der Waals surface area contributed by atoms with Gasteiger partial charge < -0.3 is 20.3 Å². The van der Waals surface area contributed by atoms with E-state index in [0.717, 1.165) is 26.2 Å². The molecule has 1 fully saturated rings. The SMILES string of the molecule is Cc1ccc(C)c(Nc2cc3c4c(c2)[C@@H]2CNCC[C@@H]2N4CCOC3)c1.O=C(C(=O)C(F)(F)F)C(F)(F)F. The van der Waals surface area contributed by atoms with Crippen molar-refractivity contribution in [3.05, 3.63) is 52.6 Å². The molecule has 6 nitrogen and oxygen atoms in total. The fourth-order valence-electron chi connectivity index (χ4n) is 5.14. The Morgan fingerprint density at radius 2 is 1.71 bits per heavy atom. The highest BCUT2D eigenvalue weighted by Gasteiger charge is 2.54. The van der Waals surface area contributed by atoms with Crippen LogP contribution >= 0.6 is 0 Å². The first-order valence-corrected chi connectivity index (χ1v) is 12.1. The summed E-state index contributed by atoms with van der Waals surface area (Å²) in [5.41, 5.74) is 9.22. The Hall–Kier alpha value is -3.12. The zero-order chi connectivity index (χ0) is 27.8. The second kappa shape index (κ2) is 10.6. The molecule has 206 valence electrons. The van der Waals surface area contributed by atoms with Gasteiger partial charge in [0, 0.05) is 47.7 Å². The van der Waals surface area contributed by atoms with Crippen molar-refractivity contribution < 1.29 is 40.7 Å². The minimum Gasteiger partial charge on any atom is -0.375 e. The smallest absolute Gasteiger partial charge is 0.375 e. The molecule has 0 amide bonds. The zero-order valence-electron chi connectivity index (χ0n) is 20.7. The van der Waals surface area contributed by atoms with Crippen LogP contribution in [0.3, 0.4) is 0 Å². The lowest BCUT2D eigenvalue weighted by atomic mass is 9.89. The van der Waals surface area contributed by atoms with Gasteiger partial charge in [-0.1, -0.05) is 12.1 Å². The Bertz CT molecular complexity index is 1200. The third-order valence-corrected chi connectivity index (χ3v) is 6.88. The second-order valence-electron chi connectivity index (χ2n) is 9.58. The Balaban J connectivity index is 0.000000240. The van der Waals surface area contributed by atoms with E-state index in [4.69, 9.17) is 4.74 Å². The largest absolute Gasteiger partial charge is 0.458 e. The number of carbonyl (C=O) groups is 2. The van der Waals surface area contributed by atoms with Crippen molar-refractivity contribution in [1.29, 1.82) is 0 Å². The third kappa shape index (κ3) is 5.80. The summed E-state index contributed by atoms with van der Waals surface area (Å²) in [6.07, 6.45) is -10.3. The van der Waals surface area contributed by atoms with Gasteiger partial charge in [-0.15, -0.1) is 0 Å². The van der Waals surface area contributed by atoms with Gasteiger partial charge in [-0.05, 0) is 61.7 Å². The van der Waals surface area contributed by atoms with Crippen LogP contribution in [0.25, 0.3) is 0 Å². The van der Waals surface area contributed by atoms with E-state index in [1.54, 1.807) is 0 Å². The molecule has 3 aliphatic heterocycles. The molecule has 5 rings (SSSR count). The summed E-state index contributed by atoms with van der Waals surface area (Å²) in [5.74, 6) is -6.22. The van der Waals surface area contributed by atoms with Crippen LogP contribution in [0.5, 0.6) is 0 Å². The number of Topliss-reactive ketones (excluding diaryl/α,β-unsaturated/α-hetero) is 2. The number of anilines is 3. The molecule has 0 aliphatic carbocycles. The standard InChI is InChI=1S/C22H27N3O.C4F6O2/c1-14-3-4-15(2)20(9-14)24-17-10-16-13-26-8-7-25-21-5-6-23-12-19(21)18(11-17)22(16)25;5-3(6,7)1(11)2(12)4(8,9)10/h3-4,9-11,19,21,23-24H,5-8,12-13H2,1-2H3;/t19-,21-;/m0./s1. The number of nitrogens with zero attached hydrogens (tertiary/aromatic N) is 1. The number of hydrogen-bond donors (Lipinski definition) is 2. The number of alkyl halides is 6. The number of ether oxygens (including phenoxy) is 1. The van der Waals surface area contributed by atoms with Gasteiger partial charge in [0.2, 0.25) is 0 Å². The number of aryl methyl sites for hydroxylation is 2. The van der Waals surface area contributed by atoms with Gasteiger partial charge >= 0.3 is 23.9 Å². The number of nitrogens with one attached hydrogen (secondary N) is 2. The molecule has 2 aromatic rings. The van der Waals surface area contributed by atoms with Crippen molar-refractivity contribution in [3.8, 4) is 0 Å². The molecule has 3 aliphatic rings. The summed E-state index contributed by atoms with van der Waals surface area (Å²) in [6, 6.07) is 11.9. The van der Waals surface area contributed by atoms with Crippen molar-refractivity contribution in [2.45, 2.75) is 51.2 Å². The van der Waals surface area contributed by atoms with Crippen molar-refractivity contribution >= 4 is 28.6 Å². The summed E-state index contributed by atoms with van der Waals surface area (Å²) < 4.78 is 72.9. The van der Waals surface area contributed by atoms with E-state index in [2.05, 4.69) is 59.7 Å². The minimum atomic E-state index is -5.77. The molecule has 0 radical (unpaired) electrons. The number of carbonyl (C=O) groups excluding carboxylic acids is 2. The van der Waals surface area contributed by atoms with E-state index >= 15 is 0 Å². The molecule has 2 aromatic carbocycles. The molecule has 12 heteroatoms. The molecular formula is C26H27F6N3O3. The average Bonchev–Trinajstić information content (AvgIpc) is 3.00. The molecule has 3 heterocycles. The number of hydrogen-bond acceptors (Lipinski definition) is 6. The summed E-state index contributed by atoms with van der Waals surface area (Å²) in [7, 11) is 0. The number of ketones is 2. The Labute approximate surface area is 215 Å². The number of benzene rings is 2. The van der Waals surface area contributed by atoms with E-state index in [1.807, 2.05) is 0 Å². The van der Waals surface area contributed by atoms with Gasteiger partial charge in [-0.25, -0.2) is 0 Å². The first kappa shape index (κ1) is 27.9. The van der Waals surface area contributed by atoms with Crippen molar-refractivity contribution in [1.82, 2.24) is 5.32 Å². The predicted molar refractivity (Wildman–Crippen MR) is 129 cm³/mol. The van der Waals surface area contributed by atoms with Crippen LogP contribution in [0.4, 0.5) is 43.4 Å². The van der Waals surface area contributed by atoms with Gasteiger partial charge in [-0.3, -0.25) is 9.59 Å². The quantitative estimate of drug-likeness (QED) is 0.415. The van der Waals surface area contributed by atoms with Crippen LogP contribution in [0, 0.1) is 13.8 Å². The second-order valence-corrected chi connectivity index (χ2v) is 9.58. The van der Waals surface area contributed by atoms with E-state index in [9.17, 15) is 35.9 Å². The maximum absolute atomic E-state index is 11.2. The number of halogens is 6. The fraction of sp³-hybridized carbons (Fsp3) is 0.462. The lowest BCUT2D eigenvalue weighted by Gasteiger charge is -2.33. The molecule has 0 spiro atoms. The molecule has 2 atom stereocenters. The van der Waals surface area contributed by atoms with Crippen molar-refractivity contribution in [3.63, 3.8) is 0 Å². The van der Waals surface area contributed by atoms with Crippen LogP contribution in [0.15, 0.2) is 30.3 Å². The predicted octanol–water partition coefficient (Wildman–Crippen LogP) is 5.09. The fourth-order valence-corrected chi connectivity index (χ4v) is 5.14. The van der Waals surface area contributed by atoms with E-state index in [-0.39, 0.29) is 0 Å². The topological polar surface area (TPSA) is 70.7 Å². The maximum atomic E-state index is 11.2. The van der Waals surface area contributed by atoms with E-state index in [0.29, 0.717) is 18.6 Å². The zero-order valence-corrected chi connectivity index (χ0v) is 20.7. The monoisotopic (exact) mass is 543 g/mol. The Kier molecular flexibility index (Phi) is 7.76.